The average Bonchev–Trinajstić information content (AvgIpc) is 3.18. The van der Waals surface area contributed by atoms with Crippen molar-refractivity contribution in [1.82, 2.24) is 19.9 Å². The normalized spacial score (nSPS) is 17.9. The predicted octanol–water partition coefficient (Wildman–Crippen LogP) is 3.00. The molecule has 1 N–H and O–H groups in total. The quantitative estimate of drug-likeness (QED) is 0.691. The number of ether oxygens (including phenoxy) is 1. The highest BCUT2D eigenvalue weighted by atomic mass is 32.1. The number of hydrogen-bond donors (Lipinski definition) is 1. The summed E-state index contributed by atoms with van der Waals surface area (Å²) in [4.78, 5) is 18.3. The van der Waals surface area contributed by atoms with Crippen molar-refractivity contribution in [2.75, 3.05) is 49.6 Å². The van der Waals surface area contributed by atoms with Gasteiger partial charge in [-0.2, -0.15) is 0 Å². The molecular weight excluding hydrogens is 391 g/mol. The molecule has 0 unspecified atom stereocenters. The van der Waals surface area contributed by atoms with E-state index in [0.29, 0.717) is 16.9 Å². The first kappa shape index (κ1) is 18.4. The Balaban J connectivity index is 1.29. The summed E-state index contributed by atoms with van der Waals surface area (Å²) < 4.78 is 20.5. The van der Waals surface area contributed by atoms with Gasteiger partial charge >= 0.3 is 0 Å². The molecule has 0 radical (unpaired) electrons. The maximum atomic E-state index is 15.2. The van der Waals surface area contributed by atoms with E-state index in [9.17, 15) is 0 Å². The molecule has 7 nitrogen and oxygen atoms in total. The van der Waals surface area contributed by atoms with Gasteiger partial charge in [0.1, 0.15) is 0 Å². The molecule has 5 heterocycles. The molecule has 0 spiro atoms. The Hall–Kier alpha value is -2.62. The smallest absolute Gasteiger partial charge is 0.189 e. The molecule has 2 aliphatic rings. The largest absolute Gasteiger partial charge is 0.378 e. The van der Waals surface area contributed by atoms with Crippen molar-refractivity contribution in [2.45, 2.75) is 6.04 Å². The van der Waals surface area contributed by atoms with Crippen LogP contribution in [0.5, 0.6) is 0 Å². The second-order valence-corrected chi connectivity index (χ2v) is 8.11. The van der Waals surface area contributed by atoms with E-state index in [0.717, 1.165) is 50.0 Å². The Kier molecular flexibility index (Phi) is 5.09. The van der Waals surface area contributed by atoms with Gasteiger partial charge in [0.05, 0.1) is 35.5 Å². The Labute approximate surface area is 172 Å². The van der Waals surface area contributed by atoms with Crippen LogP contribution in [-0.4, -0.2) is 65.3 Å². The van der Waals surface area contributed by atoms with Crippen LogP contribution in [0.15, 0.2) is 42.9 Å². The lowest BCUT2D eigenvalue weighted by atomic mass is 10.1. The molecule has 0 atom stereocenters. The molecule has 0 bridgehead atoms. The minimum Gasteiger partial charge on any atom is -0.378 e. The number of anilines is 3. The van der Waals surface area contributed by atoms with Gasteiger partial charge < -0.3 is 15.0 Å². The monoisotopic (exact) mass is 412 g/mol. The fraction of sp³-hybridized carbons (Fsp3) is 0.350. The molecular formula is C20H21FN6OS. The van der Waals surface area contributed by atoms with Crippen LogP contribution in [0, 0.1) is 5.82 Å². The number of piperazine rings is 1. The van der Waals surface area contributed by atoms with E-state index >= 15 is 4.39 Å². The maximum Gasteiger partial charge on any atom is 0.189 e. The van der Waals surface area contributed by atoms with Crippen LogP contribution in [0.3, 0.4) is 0 Å². The topological polar surface area (TPSA) is 66.4 Å². The zero-order valence-corrected chi connectivity index (χ0v) is 16.6. The summed E-state index contributed by atoms with van der Waals surface area (Å²) >= 11 is 1.42. The van der Waals surface area contributed by atoms with Crippen molar-refractivity contribution < 1.29 is 9.13 Å². The van der Waals surface area contributed by atoms with Gasteiger partial charge in [0.25, 0.3) is 0 Å². The summed E-state index contributed by atoms with van der Waals surface area (Å²) in [6.45, 7) is 5.03. The molecule has 2 saturated heterocycles. The summed E-state index contributed by atoms with van der Waals surface area (Å²) in [6, 6.07) is 7.98. The molecule has 5 rings (SSSR count). The minimum atomic E-state index is -0.345. The van der Waals surface area contributed by atoms with E-state index in [-0.39, 0.29) is 11.6 Å². The fourth-order valence-corrected chi connectivity index (χ4v) is 4.38. The second-order valence-electron chi connectivity index (χ2n) is 7.08. The van der Waals surface area contributed by atoms with Gasteiger partial charge in [-0.3, -0.25) is 9.88 Å². The Morgan fingerprint density at radius 1 is 1.03 bits per heavy atom. The maximum absolute atomic E-state index is 15.2. The zero-order chi connectivity index (χ0) is 19.6. The molecule has 0 aromatic carbocycles. The van der Waals surface area contributed by atoms with Crippen LogP contribution >= 0.6 is 11.3 Å². The minimum absolute atomic E-state index is 0.194. The number of hydrogen-bond acceptors (Lipinski definition) is 8. The summed E-state index contributed by atoms with van der Waals surface area (Å²) in [5, 5.41) is 3.61. The highest BCUT2D eigenvalue weighted by molar-refractivity contribution is 7.18. The molecule has 29 heavy (non-hydrogen) atoms. The van der Waals surface area contributed by atoms with Crippen molar-refractivity contribution in [3.8, 4) is 10.6 Å². The Bertz CT molecular complexity index is 972. The molecule has 3 aromatic rings. The third kappa shape index (κ3) is 3.81. The van der Waals surface area contributed by atoms with Gasteiger partial charge in [-0.15, -0.1) is 0 Å². The SMILES string of the molecule is Fc1c(N2CCN(C3COC3)CC2)ccnc1Nc1ncc(-c2ccccn2)s1. The van der Waals surface area contributed by atoms with Crippen LogP contribution in [0.4, 0.5) is 21.0 Å². The lowest BCUT2D eigenvalue weighted by Gasteiger charge is -2.43. The van der Waals surface area contributed by atoms with Crippen LogP contribution in [0.25, 0.3) is 10.6 Å². The van der Waals surface area contributed by atoms with Crippen LogP contribution in [0.2, 0.25) is 0 Å². The first-order valence-corrected chi connectivity index (χ1v) is 10.4. The molecule has 2 fully saturated rings. The number of nitrogens with one attached hydrogen (secondary N) is 1. The van der Waals surface area contributed by atoms with Gasteiger partial charge in [0.15, 0.2) is 16.8 Å². The molecule has 2 aliphatic heterocycles. The van der Waals surface area contributed by atoms with Crippen molar-refractivity contribution >= 4 is 28.0 Å². The van der Waals surface area contributed by atoms with Crippen molar-refractivity contribution in [1.29, 1.82) is 0 Å². The standard InChI is InChI=1S/C20H21FN6OS/c21-18-16(27-9-7-26(8-10-27)14-12-28-13-14)4-6-23-19(18)25-20-24-11-17(29-20)15-3-1-2-5-22-15/h1-6,11,14H,7-10,12-13H2,(H,23,24,25). The first-order chi connectivity index (χ1) is 14.3. The van der Waals surface area contributed by atoms with E-state index in [1.165, 1.54) is 11.3 Å². The van der Waals surface area contributed by atoms with E-state index in [4.69, 9.17) is 4.74 Å². The average molecular weight is 412 g/mol. The second kappa shape index (κ2) is 8.02. The number of rotatable bonds is 5. The fourth-order valence-electron chi connectivity index (χ4n) is 3.59. The number of pyridine rings is 2. The summed E-state index contributed by atoms with van der Waals surface area (Å²) in [5.41, 5.74) is 1.42. The van der Waals surface area contributed by atoms with Crippen LogP contribution in [-0.2, 0) is 4.74 Å². The van der Waals surface area contributed by atoms with Gasteiger partial charge in [0.2, 0.25) is 0 Å². The van der Waals surface area contributed by atoms with Crippen molar-refractivity contribution in [2.24, 2.45) is 0 Å². The summed E-state index contributed by atoms with van der Waals surface area (Å²) in [5.74, 6) is -0.151. The van der Waals surface area contributed by atoms with Gasteiger partial charge in [-0.25, -0.2) is 14.4 Å². The van der Waals surface area contributed by atoms with Crippen LogP contribution in [0.1, 0.15) is 0 Å². The molecule has 3 aromatic heterocycles. The van der Waals surface area contributed by atoms with Crippen molar-refractivity contribution in [3.63, 3.8) is 0 Å². The lowest BCUT2D eigenvalue weighted by molar-refractivity contribution is -0.0660. The van der Waals surface area contributed by atoms with E-state index in [1.807, 2.05) is 18.2 Å². The lowest BCUT2D eigenvalue weighted by Crippen LogP contribution is -2.56. The summed E-state index contributed by atoms with van der Waals surface area (Å²) in [7, 11) is 0. The number of aromatic nitrogens is 3. The molecule has 150 valence electrons. The van der Waals surface area contributed by atoms with Crippen LogP contribution < -0.4 is 10.2 Å². The highest BCUT2D eigenvalue weighted by Gasteiger charge is 2.29. The third-order valence-corrected chi connectivity index (χ3v) is 6.24. The Morgan fingerprint density at radius 2 is 1.90 bits per heavy atom. The predicted molar refractivity (Wildman–Crippen MR) is 111 cm³/mol. The number of nitrogens with zero attached hydrogens (tertiary/aromatic N) is 5. The van der Waals surface area contributed by atoms with Gasteiger partial charge in [0, 0.05) is 44.8 Å². The first-order valence-electron chi connectivity index (χ1n) is 9.63. The number of thiazole rings is 1. The highest BCUT2D eigenvalue weighted by Crippen LogP contribution is 2.32. The van der Waals surface area contributed by atoms with E-state index in [2.05, 4.69) is 30.1 Å². The van der Waals surface area contributed by atoms with E-state index in [1.54, 1.807) is 24.7 Å². The van der Waals surface area contributed by atoms with Gasteiger partial charge in [-0.05, 0) is 18.2 Å². The summed E-state index contributed by atoms with van der Waals surface area (Å²) in [6.07, 6.45) is 5.12. The molecule has 0 amide bonds. The molecule has 0 saturated carbocycles. The Morgan fingerprint density at radius 3 is 2.62 bits per heavy atom. The third-order valence-electron chi connectivity index (χ3n) is 5.31. The van der Waals surface area contributed by atoms with Gasteiger partial charge in [-0.1, -0.05) is 17.4 Å². The molecule has 9 heteroatoms. The van der Waals surface area contributed by atoms with E-state index < -0.39 is 0 Å². The molecule has 0 aliphatic carbocycles. The zero-order valence-electron chi connectivity index (χ0n) is 15.8. The number of halogens is 1. The van der Waals surface area contributed by atoms with Crippen molar-refractivity contribution in [3.05, 3.63) is 48.7 Å².